The van der Waals surface area contributed by atoms with Crippen molar-refractivity contribution in [3.8, 4) is 5.75 Å². The molecule has 0 fully saturated rings. The van der Waals surface area contributed by atoms with Gasteiger partial charge in [0.25, 0.3) is 0 Å². The number of amides is 1. The number of H-pyrrole nitrogens is 1. The summed E-state index contributed by atoms with van der Waals surface area (Å²) < 4.78 is 5.27. The van der Waals surface area contributed by atoms with Crippen molar-refractivity contribution in [1.29, 1.82) is 0 Å². The number of aromatic amines is 1. The third kappa shape index (κ3) is 1.66. The van der Waals surface area contributed by atoms with Gasteiger partial charge in [-0.1, -0.05) is 6.07 Å². The molecule has 0 aliphatic heterocycles. The van der Waals surface area contributed by atoms with Gasteiger partial charge in [-0.05, 0) is 12.1 Å². The van der Waals surface area contributed by atoms with Gasteiger partial charge in [-0.2, -0.15) is 0 Å². The van der Waals surface area contributed by atoms with Crippen LogP contribution in [0.2, 0.25) is 0 Å². The number of rotatable bonds is 4. The third-order valence-corrected chi connectivity index (χ3v) is 2.35. The van der Waals surface area contributed by atoms with Crippen molar-refractivity contribution in [2.24, 2.45) is 0 Å². The lowest BCUT2D eigenvalue weighted by Gasteiger charge is -2.03. The van der Waals surface area contributed by atoms with Crippen molar-refractivity contribution >= 4 is 17.3 Å². The minimum atomic E-state index is 0.504. The molecule has 15 heavy (non-hydrogen) atoms. The maximum atomic E-state index is 10.2. The van der Waals surface area contributed by atoms with Crippen LogP contribution in [-0.2, 0) is 11.3 Å². The molecule has 0 atom stereocenters. The minimum Gasteiger partial charge on any atom is -0.496 e. The Morgan fingerprint density at radius 2 is 2.40 bits per heavy atom. The zero-order chi connectivity index (χ0) is 10.7. The second-order valence-electron chi connectivity index (χ2n) is 3.20. The number of fused-ring (bicyclic) bond motifs is 1. The van der Waals surface area contributed by atoms with E-state index in [2.05, 4.69) is 10.3 Å². The maximum absolute atomic E-state index is 10.2. The smallest absolute Gasteiger partial charge is 0.207 e. The molecule has 0 aliphatic carbocycles. The molecule has 1 aromatic heterocycles. The summed E-state index contributed by atoms with van der Waals surface area (Å²) in [4.78, 5) is 13.4. The molecule has 0 bridgehead atoms. The second-order valence-corrected chi connectivity index (χ2v) is 3.20. The van der Waals surface area contributed by atoms with Gasteiger partial charge in [-0.25, -0.2) is 0 Å². The number of ether oxygens (including phenoxy) is 1. The highest BCUT2D eigenvalue weighted by Gasteiger charge is 2.07. The van der Waals surface area contributed by atoms with E-state index in [1.54, 1.807) is 7.11 Å². The highest BCUT2D eigenvalue weighted by atomic mass is 16.5. The Balaban J connectivity index is 2.50. The molecular formula is C11H12N2O2. The fraction of sp³-hybridized carbons (Fsp3) is 0.182. The minimum absolute atomic E-state index is 0.504. The Hall–Kier alpha value is -1.97. The lowest BCUT2D eigenvalue weighted by Crippen LogP contribution is -2.09. The van der Waals surface area contributed by atoms with Crippen LogP contribution in [0.5, 0.6) is 5.75 Å². The Morgan fingerprint density at radius 3 is 3.13 bits per heavy atom. The molecule has 78 valence electrons. The summed E-state index contributed by atoms with van der Waals surface area (Å²) >= 11 is 0. The van der Waals surface area contributed by atoms with Crippen LogP contribution in [0, 0.1) is 0 Å². The SMILES string of the molecule is COc1cccc2[nH]cc(CNC=O)c12. The average Bonchev–Trinajstić information content (AvgIpc) is 2.69. The Kier molecular flexibility index (Phi) is 2.58. The van der Waals surface area contributed by atoms with Crippen LogP contribution < -0.4 is 10.1 Å². The first-order valence-electron chi connectivity index (χ1n) is 4.67. The molecular weight excluding hydrogens is 192 g/mol. The van der Waals surface area contributed by atoms with Crippen LogP contribution >= 0.6 is 0 Å². The van der Waals surface area contributed by atoms with Crippen LogP contribution in [0.4, 0.5) is 0 Å². The van der Waals surface area contributed by atoms with Crippen molar-refractivity contribution in [2.45, 2.75) is 6.54 Å². The van der Waals surface area contributed by atoms with Gasteiger partial charge >= 0.3 is 0 Å². The fourth-order valence-electron chi connectivity index (χ4n) is 1.68. The molecule has 1 amide bonds. The van der Waals surface area contributed by atoms with E-state index >= 15 is 0 Å². The van der Waals surface area contributed by atoms with Crippen molar-refractivity contribution in [2.75, 3.05) is 7.11 Å². The molecule has 4 heteroatoms. The summed E-state index contributed by atoms with van der Waals surface area (Å²) in [6.45, 7) is 0.504. The van der Waals surface area contributed by atoms with E-state index in [0.717, 1.165) is 22.2 Å². The van der Waals surface area contributed by atoms with Crippen LogP contribution in [0.1, 0.15) is 5.56 Å². The average molecular weight is 204 g/mol. The van der Waals surface area contributed by atoms with E-state index < -0.39 is 0 Å². The van der Waals surface area contributed by atoms with Crippen molar-refractivity contribution in [3.63, 3.8) is 0 Å². The van der Waals surface area contributed by atoms with Crippen LogP contribution in [0.25, 0.3) is 10.9 Å². The molecule has 2 N–H and O–H groups in total. The molecule has 1 aromatic carbocycles. The van der Waals surface area contributed by atoms with E-state index in [-0.39, 0.29) is 0 Å². The zero-order valence-corrected chi connectivity index (χ0v) is 8.41. The fourth-order valence-corrected chi connectivity index (χ4v) is 1.68. The number of nitrogens with one attached hydrogen (secondary N) is 2. The molecule has 0 aliphatic rings. The number of benzene rings is 1. The van der Waals surface area contributed by atoms with E-state index in [9.17, 15) is 4.79 Å². The van der Waals surface area contributed by atoms with E-state index in [4.69, 9.17) is 4.74 Å². The van der Waals surface area contributed by atoms with Gasteiger partial charge < -0.3 is 15.0 Å². The number of hydrogen-bond acceptors (Lipinski definition) is 2. The van der Waals surface area contributed by atoms with Gasteiger partial charge in [0, 0.05) is 29.2 Å². The predicted octanol–water partition coefficient (Wildman–Crippen LogP) is 1.42. The molecule has 0 unspecified atom stereocenters. The van der Waals surface area contributed by atoms with Gasteiger partial charge in [-0.3, -0.25) is 4.79 Å². The first kappa shape index (κ1) is 9.58. The molecule has 2 aromatic rings. The highest BCUT2D eigenvalue weighted by Crippen LogP contribution is 2.28. The summed E-state index contributed by atoms with van der Waals surface area (Å²) in [7, 11) is 1.64. The van der Waals surface area contributed by atoms with E-state index in [0.29, 0.717) is 13.0 Å². The van der Waals surface area contributed by atoms with E-state index in [1.807, 2.05) is 24.4 Å². The number of carbonyl (C=O) groups is 1. The highest BCUT2D eigenvalue weighted by molar-refractivity contribution is 5.89. The van der Waals surface area contributed by atoms with Gasteiger partial charge in [0.05, 0.1) is 7.11 Å². The lowest BCUT2D eigenvalue weighted by atomic mass is 10.1. The molecule has 0 saturated heterocycles. The largest absolute Gasteiger partial charge is 0.496 e. The third-order valence-electron chi connectivity index (χ3n) is 2.35. The van der Waals surface area contributed by atoms with Gasteiger partial charge in [0.2, 0.25) is 6.41 Å². The quantitative estimate of drug-likeness (QED) is 0.740. The van der Waals surface area contributed by atoms with E-state index in [1.165, 1.54) is 0 Å². The maximum Gasteiger partial charge on any atom is 0.207 e. The lowest BCUT2D eigenvalue weighted by molar-refractivity contribution is -0.109. The molecule has 0 saturated carbocycles. The molecule has 0 radical (unpaired) electrons. The van der Waals surface area contributed by atoms with Gasteiger partial charge in [-0.15, -0.1) is 0 Å². The van der Waals surface area contributed by atoms with Crippen molar-refractivity contribution in [3.05, 3.63) is 30.0 Å². The zero-order valence-electron chi connectivity index (χ0n) is 8.41. The van der Waals surface area contributed by atoms with Crippen LogP contribution in [-0.4, -0.2) is 18.5 Å². The molecule has 4 nitrogen and oxygen atoms in total. The predicted molar refractivity (Wildman–Crippen MR) is 57.8 cm³/mol. The van der Waals surface area contributed by atoms with Gasteiger partial charge in [0.15, 0.2) is 0 Å². The number of carbonyl (C=O) groups excluding carboxylic acids is 1. The van der Waals surface area contributed by atoms with Gasteiger partial charge in [0.1, 0.15) is 5.75 Å². The Labute approximate surface area is 87.2 Å². The topological polar surface area (TPSA) is 54.1 Å². The monoisotopic (exact) mass is 204 g/mol. The summed E-state index contributed by atoms with van der Waals surface area (Å²) in [6, 6.07) is 5.80. The summed E-state index contributed by atoms with van der Waals surface area (Å²) in [5.74, 6) is 0.816. The molecule has 0 spiro atoms. The van der Waals surface area contributed by atoms with Crippen LogP contribution in [0.15, 0.2) is 24.4 Å². The normalized spacial score (nSPS) is 10.2. The number of hydrogen-bond donors (Lipinski definition) is 2. The molecule has 1 heterocycles. The van der Waals surface area contributed by atoms with Crippen molar-refractivity contribution < 1.29 is 9.53 Å². The van der Waals surface area contributed by atoms with Crippen LogP contribution in [0.3, 0.4) is 0 Å². The standard InChI is InChI=1S/C11H12N2O2/c1-15-10-4-2-3-9-11(10)8(6-13-9)5-12-7-14/h2-4,6-7,13H,5H2,1H3,(H,12,14). The number of aromatic nitrogens is 1. The Bertz CT molecular complexity index is 476. The second kappa shape index (κ2) is 4.04. The number of methoxy groups -OCH3 is 1. The summed E-state index contributed by atoms with van der Waals surface area (Å²) in [5, 5.41) is 3.66. The first-order valence-corrected chi connectivity index (χ1v) is 4.67. The molecule has 2 rings (SSSR count). The Morgan fingerprint density at radius 1 is 1.53 bits per heavy atom. The summed E-state index contributed by atoms with van der Waals surface area (Å²) in [5.41, 5.74) is 2.03. The first-order chi connectivity index (χ1) is 7.36. The summed E-state index contributed by atoms with van der Waals surface area (Å²) in [6.07, 6.45) is 2.57. The van der Waals surface area contributed by atoms with Crippen molar-refractivity contribution in [1.82, 2.24) is 10.3 Å².